The number of hydrogen-bond donors (Lipinski definition) is 0. The van der Waals surface area contributed by atoms with Gasteiger partial charge in [0.2, 0.25) is 6.08 Å². The van der Waals surface area contributed by atoms with E-state index in [1.54, 1.807) is 0 Å². The van der Waals surface area contributed by atoms with Crippen LogP contribution in [0, 0.1) is 0 Å². The van der Waals surface area contributed by atoms with Crippen molar-refractivity contribution in [2.24, 2.45) is 4.99 Å². The number of ether oxygens (including phenoxy) is 1. The zero-order chi connectivity index (χ0) is 10.6. The fourth-order valence-corrected chi connectivity index (χ4v) is 0.998. The molecule has 0 aromatic carbocycles. The summed E-state index contributed by atoms with van der Waals surface area (Å²) in [5.41, 5.74) is -0.00556. The van der Waals surface area contributed by atoms with Gasteiger partial charge in [-0.25, -0.2) is 14.6 Å². The molecule has 1 aromatic rings. The Bertz CT molecular complexity index is 413. The summed E-state index contributed by atoms with van der Waals surface area (Å²) < 4.78 is 4.42. The van der Waals surface area contributed by atoms with E-state index in [9.17, 15) is 9.59 Å². The molecule has 0 atom stereocenters. The van der Waals surface area contributed by atoms with Crippen LogP contribution in [0.3, 0.4) is 0 Å². The lowest BCUT2D eigenvalue weighted by molar-refractivity contribution is 0.0594. The third-order valence-corrected chi connectivity index (χ3v) is 1.55. The topological polar surface area (TPSA) is 68.6 Å². The van der Waals surface area contributed by atoms with Crippen molar-refractivity contribution in [1.82, 2.24) is 4.98 Å². The molecule has 0 bridgehead atoms. The van der Waals surface area contributed by atoms with Gasteiger partial charge in [-0.2, -0.15) is 0 Å². The second-order valence-electron chi connectivity index (χ2n) is 2.22. The van der Waals surface area contributed by atoms with Crippen LogP contribution in [0.15, 0.2) is 17.1 Å². The Morgan fingerprint density at radius 3 is 2.93 bits per heavy atom. The van der Waals surface area contributed by atoms with Crippen molar-refractivity contribution in [3.8, 4) is 0 Å². The van der Waals surface area contributed by atoms with Crippen molar-refractivity contribution in [1.29, 1.82) is 0 Å². The van der Waals surface area contributed by atoms with Crippen LogP contribution in [-0.2, 0) is 9.53 Å². The first-order chi connectivity index (χ1) is 6.67. The molecule has 0 unspecified atom stereocenters. The van der Waals surface area contributed by atoms with E-state index in [1.807, 2.05) is 0 Å². The molecule has 0 spiro atoms. The van der Waals surface area contributed by atoms with E-state index >= 15 is 0 Å². The van der Waals surface area contributed by atoms with Gasteiger partial charge in [0.15, 0.2) is 11.5 Å². The van der Waals surface area contributed by atoms with E-state index in [4.69, 9.17) is 11.6 Å². The zero-order valence-electron chi connectivity index (χ0n) is 7.15. The second-order valence-corrected chi connectivity index (χ2v) is 2.66. The highest BCUT2D eigenvalue weighted by Gasteiger charge is 2.09. The average molecular weight is 213 g/mol. The second kappa shape index (κ2) is 4.50. The molecule has 0 aliphatic heterocycles. The van der Waals surface area contributed by atoms with Crippen LogP contribution < -0.4 is 0 Å². The Hall–Kier alpha value is -1.71. The van der Waals surface area contributed by atoms with Gasteiger partial charge in [0.1, 0.15) is 0 Å². The fourth-order valence-electron chi connectivity index (χ4n) is 0.797. The summed E-state index contributed by atoms with van der Waals surface area (Å²) in [6.45, 7) is 0. The number of carbonyl (C=O) groups is 1. The van der Waals surface area contributed by atoms with Gasteiger partial charge in [-0.3, -0.25) is 0 Å². The minimum absolute atomic E-state index is 0.00556. The minimum Gasteiger partial charge on any atom is -0.464 e. The van der Waals surface area contributed by atoms with Crippen molar-refractivity contribution in [3.05, 3.63) is 22.8 Å². The standard InChI is InChI=1S/C8H5ClN2O3/c1-14-8(13)6-2-5(9)3-7(11-6)10-4-12/h2-3H,1H3. The van der Waals surface area contributed by atoms with E-state index < -0.39 is 5.97 Å². The first kappa shape index (κ1) is 10.4. The summed E-state index contributed by atoms with van der Waals surface area (Å²) in [7, 11) is 1.22. The molecule has 1 rings (SSSR count). The number of isocyanates is 1. The molecule has 0 fully saturated rings. The summed E-state index contributed by atoms with van der Waals surface area (Å²) in [6, 6.07) is 2.65. The first-order valence-corrected chi connectivity index (χ1v) is 3.89. The van der Waals surface area contributed by atoms with Gasteiger partial charge >= 0.3 is 5.97 Å². The number of carbonyl (C=O) groups excluding carboxylic acids is 2. The molecule has 0 aliphatic rings. The maximum absolute atomic E-state index is 11.0. The molecule has 5 nitrogen and oxygen atoms in total. The molecular weight excluding hydrogens is 208 g/mol. The number of esters is 1. The number of halogens is 1. The summed E-state index contributed by atoms with van der Waals surface area (Å²) in [4.78, 5) is 27.9. The summed E-state index contributed by atoms with van der Waals surface area (Å²) >= 11 is 5.65. The Kier molecular flexibility index (Phi) is 3.34. The molecule has 14 heavy (non-hydrogen) atoms. The molecule has 6 heteroatoms. The van der Waals surface area contributed by atoms with Crippen LogP contribution >= 0.6 is 11.6 Å². The largest absolute Gasteiger partial charge is 0.464 e. The Balaban J connectivity index is 3.19. The molecule has 1 heterocycles. The smallest absolute Gasteiger partial charge is 0.356 e. The number of pyridine rings is 1. The van der Waals surface area contributed by atoms with Crippen LogP contribution in [0.5, 0.6) is 0 Å². The first-order valence-electron chi connectivity index (χ1n) is 3.51. The van der Waals surface area contributed by atoms with Crippen molar-refractivity contribution in [2.45, 2.75) is 0 Å². The highest BCUT2D eigenvalue weighted by atomic mass is 35.5. The third-order valence-electron chi connectivity index (χ3n) is 1.33. The van der Waals surface area contributed by atoms with Crippen molar-refractivity contribution in [2.75, 3.05) is 7.11 Å². The van der Waals surface area contributed by atoms with Crippen molar-refractivity contribution in [3.63, 3.8) is 0 Å². The Morgan fingerprint density at radius 2 is 2.36 bits per heavy atom. The molecule has 72 valence electrons. The predicted molar refractivity (Wildman–Crippen MR) is 48.4 cm³/mol. The van der Waals surface area contributed by atoms with Crippen LogP contribution in [-0.4, -0.2) is 24.1 Å². The molecule has 0 aliphatic carbocycles. The quantitative estimate of drug-likeness (QED) is 0.423. The Labute approximate surface area is 84.4 Å². The fraction of sp³-hybridized carbons (Fsp3) is 0.125. The molecule has 1 aromatic heterocycles. The Morgan fingerprint density at radius 1 is 1.64 bits per heavy atom. The molecule has 0 N–H and O–H groups in total. The third kappa shape index (κ3) is 2.39. The summed E-state index contributed by atoms with van der Waals surface area (Å²) in [5.74, 6) is -0.622. The van der Waals surface area contributed by atoms with Crippen LogP contribution in [0.1, 0.15) is 10.5 Å². The maximum Gasteiger partial charge on any atom is 0.356 e. The van der Waals surface area contributed by atoms with Gasteiger partial charge in [0, 0.05) is 11.1 Å². The molecular formula is C8H5ClN2O3. The van der Waals surface area contributed by atoms with Gasteiger partial charge in [-0.05, 0) is 6.07 Å². The lowest BCUT2D eigenvalue weighted by atomic mass is 10.3. The summed E-state index contributed by atoms with van der Waals surface area (Å²) in [5, 5.41) is 0.245. The SMILES string of the molecule is COC(=O)c1cc(Cl)cc(N=C=O)n1. The molecule has 0 amide bonds. The normalized spacial score (nSPS) is 9.00. The van der Waals surface area contributed by atoms with E-state index in [2.05, 4.69) is 14.7 Å². The minimum atomic E-state index is -0.644. The van der Waals surface area contributed by atoms with Crippen LogP contribution in [0.25, 0.3) is 0 Å². The van der Waals surface area contributed by atoms with E-state index in [-0.39, 0.29) is 16.5 Å². The number of aromatic nitrogens is 1. The van der Waals surface area contributed by atoms with Crippen LogP contribution in [0.2, 0.25) is 5.02 Å². The van der Waals surface area contributed by atoms with Crippen molar-refractivity contribution < 1.29 is 14.3 Å². The van der Waals surface area contributed by atoms with Gasteiger partial charge in [-0.1, -0.05) is 11.6 Å². The van der Waals surface area contributed by atoms with E-state index in [1.165, 1.54) is 25.3 Å². The van der Waals surface area contributed by atoms with Gasteiger partial charge < -0.3 is 4.74 Å². The van der Waals surface area contributed by atoms with E-state index in [0.29, 0.717) is 0 Å². The van der Waals surface area contributed by atoms with Gasteiger partial charge in [0.25, 0.3) is 0 Å². The maximum atomic E-state index is 11.0. The average Bonchev–Trinajstić information content (AvgIpc) is 2.16. The number of nitrogens with zero attached hydrogens (tertiary/aromatic N) is 2. The lowest BCUT2D eigenvalue weighted by Crippen LogP contribution is -2.03. The number of aliphatic imine (C=N–C) groups is 1. The van der Waals surface area contributed by atoms with Gasteiger partial charge in [0.05, 0.1) is 7.11 Å². The molecule has 0 saturated heterocycles. The zero-order valence-corrected chi connectivity index (χ0v) is 7.91. The highest BCUT2D eigenvalue weighted by Crippen LogP contribution is 2.17. The molecule has 0 saturated carbocycles. The summed E-state index contributed by atoms with van der Waals surface area (Å²) in [6.07, 6.45) is 1.30. The number of hydrogen-bond acceptors (Lipinski definition) is 5. The van der Waals surface area contributed by atoms with Crippen molar-refractivity contribution >= 4 is 29.5 Å². The molecule has 0 radical (unpaired) electrons. The number of methoxy groups -OCH3 is 1. The van der Waals surface area contributed by atoms with Gasteiger partial charge in [-0.15, -0.1) is 4.99 Å². The predicted octanol–water partition coefficient (Wildman–Crippen LogP) is 1.49. The number of rotatable bonds is 2. The van der Waals surface area contributed by atoms with Crippen LogP contribution in [0.4, 0.5) is 5.82 Å². The van der Waals surface area contributed by atoms with E-state index in [0.717, 1.165) is 0 Å². The highest BCUT2D eigenvalue weighted by molar-refractivity contribution is 6.31. The monoisotopic (exact) mass is 212 g/mol. The lowest BCUT2D eigenvalue weighted by Gasteiger charge is -1.99.